The van der Waals surface area contributed by atoms with Crippen LogP contribution in [0.25, 0.3) is 0 Å². The molecular weight excluding hydrogens is 993 g/mol. The molecule has 0 heterocycles. The second-order valence-corrected chi connectivity index (χ2v) is 25.5. The zero-order chi connectivity index (χ0) is 55.8. The number of fused-ring (bicyclic) bond motifs is 2. The first kappa shape index (κ1) is 65.8. The Bertz CT molecular complexity index is 2160. The third-order valence-electron chi connectivity index (χ3n) is 18.4. The maximum Gasteiger partial charge on any atom is 0.344 e. The van der Waals surface area contributed by atoms with Crippen LogP contribution in [0.1, 0.15) is 224 Å². The summed E-state index contributed by atoms with van der Waals surface area (Å²) in [5.74, 6) is 1.09. The molecule has 10 aliphatic rings. The lowest BCUT2D eigenvalue weighted by molar-refractivity contribution is -0.209. The quantitative estimate of drug-likeness (QED) is 0.0909. The molecule has 0 aromatic rings. The van der Waals surface area contributed by atoms with Gasteiger partial charge in [-0.05, 0) is 239 Å². The molecule has 78 heavy (non-hydrogen) atoms. The van der Waals surface area contributed by atoms with E-state index in [2.05, 4.69) is 33.2 Å². The summed E-state index contributed by atoms with van der Waals surface area (Å²) in [6, 6.07) is 0. The number of carbonyl (C=O) groups excluding carboxylic acids is 7. The van der Waals surface area contributed by atoms with Crippen molar-refractivity contribution in [3.63, 3.8) is 0 Å². The minimum Gasteiger partial charge on any atom is -0.459 e. The van der Waals surface area contributed by atoms with Gasteiger partial charge in [0, 0.05) is 28.2 Å². The SMILES string of the molecule is C.C.C=C(C)C(=O)OC1(C)CCCC1.C=C(C)C(=O)OC1CC2CC(C(=O)OC3(C)C4CC5CC(C4)CC3C5)C1C2.C=C(C)C(=O)OC1CCCC(C(=O)OC2(C)CCCC2)C1.C=C(C)C(=O)OCC(=O)OC1(C)CCCC1. The number of esters is 7. The van der Waals surface area contributed by atoms with Crippen molar-refractivity contribution in [2.24, 2.45) is 47.3 Å². The Hall–Kier alpha value is -4.75. The van der Waals surface area contributed by atoms with Crippen LogP contribution in [0.4, 0.5) is 0 Å². The van der Waals surface area contributed by atoms with Gasteiger partial charge in [0.1, 0.15) is 34.6 Å². The fourth-order valence-electron chi connectivity index (χ4n) is 14.1. The van der Waals surface area contributed by atoms with Gasteiger partial charge in [0.25, 0.3) is 0 Å². The van der Waals surface area contributed by atoms with E-state index in [1.54, 1.807) is 20.8 Å². The third-order valence-corrected chi connectivity index (χ3v) is 18.4. The van der Waals surface area contributed by atoms with Gasteiger partial charge in [-0.25, -0.2) is 24.0 Å². The highest BCUT2D eigenvalue weighted by Gasteiger charge is 2.59. The first-order chi connectivity index (χ1) is 35.7. The zero-order valence-corrected chi connectivity index (χ0v) is 47.5. The fraction of sp³-hybridized carbons (Fsp3) is 0.766. The minimum atomic E-state index is -0.562. The standard InChI is InChI=1S/C23H32O4.C17H26O4.C12H18O4.C10H16O2.2CH4/c1-12(2)21(24)26-20-11-15-9-18(20)19(10-15)22(25)27-23(3)16-5-13-4-14(7-16)8-17(23)6-13;1-12(2)15(18)20-14-8-6-7-13(11-14)16(19)21-17(3)9-4-5-10-17;1-9(2)11(14)15-8-10(13)16-12(3)6-4-5-7-12;1-8(2)9(11)12-10(3)6-4-5-7-10;;/h13-20H,1,4-11H2,2-3H3;13-14H,1,4-11H2,2-3H3;1,4-8H2,2-3H3;1,4-7H2,2-3H3;2*1H4. The first-order valence-electron chi connectivity index (χ1n) is 28.8. The van der Waals surface area contributed by atoms with Gasteiger partial charge in [0.15, 0.2) is 6.61 Å². The highest BCUT2D eigenvalue weighted by molar-refractivity contribution is 5.89. The van der Waals surface area contributed by atoms with Crippen LogP contribution >= 0.6 is 0 Å². The lowest BCUT2D eigenvalue weighted by atomic mass is 9.50. The van der Waals surface area contributed by atoms with E-state index in [1.165, 1.54) is 51.9 Å². The average molecular weight is 1090 g/mol. The molecule has 6 atom stereocenters. The largest absolute Gasteiger partial charge is 0.459 e. The van der Waals surface area contributed by atoms with Gasteiger partial charge in [0.2, 0.25) is 0 Å². The molecule has 0 aromatic heterocycles. The van der Waals surface area contributed by atoms with E-state index in [0.717, 1.165) is 115 Å². The molecule has 440 valence electrons. The van der Waals surface area contributed by atoms with Gasteiger partial charge in [-0.1, -0.05) is 41.2 Å². The van der Waals surface area contributed by atoms with Gasteiger partial charge in [-0.15, -0.1) is 0 Å². The van der Waals surface area contributed by atoms with Crippen LogP contribution in [0.15, 0.2) is 48.6 Å². The highest BCUT2D eigenvalue weighted by atomic mass is 16.6. The lowest BCUT2D eigenvalue weighted by Gasteiger charge is -2.59. The molecule has 10 saturated carbocycles. The Morgan fingerprint density at radius 1 is 0.449 bits per heavy atom. The Kier molecular flexibility index (Phi) is 23.7. The summed E-state index contributed by atoms with van der Waals surface area (Å²) in [6.45, 7) is 28.6. The van der Waals surface area contributed by atoms with E-state index in [9.17, 15) is 33.6 Å². The summed E-state index contributed by atoms with van der Waals surface area (Å²) < 4.78 is 38.4. The topological polar surface area (TPSA) is 184 Å². The van der Waals surface area contributed by atoms with Gasteiger partial charge in [0.05, 0.1) is 11.8 Å². The monoisotopic (exact) mass is 1090 g/mol. The fourth-order valence-corrected chi connectivity index (χ4v) is 14.1. The second-order valence-electron chi connectivity index (χ2n) is 25.5. The predicted molar refractivity (Wildman–Crippen MR) is 300 cm³/mol. The van der Waals surface area contributed by atoms with E-state index in [-0.39, 0.29) is 109 Å². The molecule has 0 amide bonds. The van der Waals surface area contributed by atoms with E-state index in [1.807, 2.05) is 20.8 Å². The van der Waals surface area contributed by atoms with Crippen LogP contribution in [0.3, 0.4) is 0 Å². The summed E-state index contributed by atoms with van der Waals surface area (Å²) >= 11 is 0. The molecule has 0 aromatic carbocycles. The van der Waals surface area contributed by atoms with Crippen LogP contribution in [-0.4, -0.2) is 83.0 Å². The Labute approximate surface area is 468 Å². The molecule has 0 aliphatic heterocycles. The maximum atomic E-state index is 13.2. The van der Waals surface area contributed by atoms with Crippen molar-refractivity contribution in [2.45, 2.75) is 259 Å². The molecule has 6 bridgehead atoms. The van der Waals surface area contributed by atoms with Crippen LogP contribution in [0.2, 0.25) is 0 Å². The summed E-state index contributed by atoms with van der Waals surface area (Å²) in [6.07, 6.45) is 24.4. The van der Waals surface area contributed by atoms with Gasteiger partial charge >= 0.3 is 41.8 Å². The summed E-state index contributed by atoms with van der Waals surface area (Å²) in [4.78, 5) is 82.7. The molecule has 0 saturated heterocycles. The van der Waals surface area contributed by atoms with E-state index in [4.69, 9.17) is 33.2 Å². The minimum absolute atomic E-state index is 0. The molecule has 10 rings (SSSR count). The van der Waals surface area contributed by atoms with Crippen molar-refractivity contribution in [2.75, 3.05) is 6.61 Å². The van der Waals surface area contributed by atoms with Crippen molar-refractivity contribution < 1.29 is 66.7 Å². The molecule has 10 aliphatic carbocycles. The summed E-state index contributed by atoms with van der Waals surface area (Å²) in [5.41, 5.74) is 0.469. The van der Waals surface area contributed by atoms with Crippen LogP contribution in [0, 0.1) is 47.3 Å². The normalized spacial score (nSPS) is 31.4. The van der Waals surface area contributed by atoms with Crippen molar-refractivity contribution in [1.29, 1.82) is 0 Å². The Morgan fingerprint density at radius 3 is 1.37 bits per heavy atom. The van der Waals surface area contributed by atoms with Crippen molar-refractivity contribution >= 4 is 41.8 Å². The molecule has 14 heteroatoms. The summed E-state index contributed by atoms with van der Waals surface area (Å²) in [7, 11) is 0. The summed E-state index contributed by atoms with van der Waals surface area (Å²) in [5, 5.41) is 0. The Balaban J connectivity index is 0.000000232. The number of rotatable bonds is 14. The van der Waals surface area contributed by atoms with E-state index in [0.29, 0.717) is 40.9 Å². The number of hydrogen-bond acceptors (Lipinski definition) is 14. The number of carbonyl (C=O) groups is 7. The van der Waals surface area contributed by atoms with Crippen molar-refractivity contribution in [1.82, 2.24) is 0 Å². The molecule has 6 unspecified atom stereocenters. The van der Waals surface area contributed by atoms with Crippen molar-refractivity contribution in [3.8, 4) is 0 Å². The Morgan fingerprint density at radius 2 is 0.897 bits per heavy atom. The lowest BCUT2D eigenvalue weighted by Crippen LogP contribution is -2.58. The zero-order valence-electron chi connectivity index (χ0n) is 47.5. The van der Waals surface area contributed by atoms with Crippen LogP contribution in [-0.2, 0) is 66.7 Å². The maximum absolute atomic E-state index is 13.2. The predicted octanol–water partition coefficient (Wildman–Crippen LogP) is 13.5. The van der Waals surface area contributed by atoms with Crippen LogP contribution < -0.4 is 0 Å². The molecule has 0 spiro atoms. The molecular formula is C64H100O14. The number of hydrogen-bond donors (Lipinski definition) is 0. The van der Waals surface area contributed by atoms with Crippen molar-refractivity contribution in [3.05, 3.63) is 48.6 Å². The molecule has 14 nitrogen and oxygen atoms in total. The van der Waals surface area contributed by atoms with Gasteiger partial charge in [-0.2, -0.15) is 0 Å². The third kappa shape index (κ3) is 17.6. The molecule has 0 radical (unpaired) electrons. The highest BCUT2D eigenvalue weighted by Crippen LogP contribution is 2.60. The van der Waals surface area contributed by atoms with E-state index >= 15 is 0 Å². The smallest absolute Gasteiger partial charge is 0.344 e. The van der Waals surface area contributed by atoms with E-state index < -0.39 is 11.9 Å². The van der Waals surface area contributed by atoms with Crippen LogP contribution in [0.5, 0.6) is 0 Å². The molecule has 10 fully saturated rings. The number of ether oxygens (including phenoxy) is 7. The van der Waals surface area contributed by atoms with Gasteiger partial charge in [-0.3, -0.25) is 9.59 Å². The second kappa shape index (κ2) is 28.1. The molecule has 0 N–H and O–H groups in total. The first-order valence-corrected chi connectivity index (χ1v) is 28.8. The van der Waals surface area contributed by atoms with Gasteiger partial charge < -0.3 is 33.2 Å². The average Bonchev–Trinajstić information content (AvgIpc) is 4.27.